The second-order valence-corrected chi connectivity index (χ2v) is 6.86. The lowest BCUT2D eigenvalue weighted by Crippen LogP contribution is -2.42. The van der Waals surface area contributed by atoms with Gasteiger partial charge in [-0.25, -0.2) is 4.79 Å². The van der Waals surface area contributed by atoms with Gasteiger partial charge in [0.1, 0.15) is 11.7 Å². The van der Waals surface area contributed by atoms with Crippen molar-refractivity contribution < 1.29 is 14.7 Å². The first-order chi connectivity index (χ1) is 12.0. The average molecular weight is 341 g/mol. The molecule has 1 aromatic heterocycles. The summed E-state index contributed by atoms with van der Waals surface area (Å²) in [6, 6.07) is 10.3. The van der Waals surface area contributed by atoms with Crippen molar-refractivity contribution >= 4 is 11.9 Å². The highest BCUT2D eigenvalue weighted by molar-refractivity contribution is 5.96. The Hall–Kier alpha value is -2.63. The molecule has 1 saturated heterocycles. The molecule has 132 valence electrons. The van der Waals surface area contributed by atoms with E-state index < -0.39 is 12.0 Å². The van der Waals surface area contributed by atoms with Crippen molar-refractivity contribution in [2.45, 2.75) is 45.3 Å². The summed E-state index contributed by atoms with van der Waals surface area (Å²) in [7, 11) is 0. The smallest absolute Gasteiger partial charge is 0.326 e. The maximum Gasteiger partial charge on any atom is 0.326 e. The van der Waals surface area contributed by atoms with E-state index in [-0.39, 0.29) is 11.9 Å². The summed E-state index contributed by atoms with van der Waals surface area (Å²) in [5.74, 6) is -0.885. The summed E-state index contributed by atoms with van der Waals surface area (Å²) < 4.78 is 1.67. The van der Waals surface area contributed by atoms with E-state index in [0.29, 0.717) is 31.0 Å². The van der Waals surface area contributed by atoms with E-state index >= 15 is 0 Å². The van der Waals surface area contributed by atoms with Crippen LogP contribution < -0.4 is 0 Å². The average Bonchev–Trinajstić information content (AvgIpc) is 3.21. The van der Waals surface area contributed by atoms with Crippen LogP contribution in [0.4, 0.5) is 0 Å². The molecule has 0 aliphatic carbocycles. The molecular weight excluding hydrogens is 318 g/mol. The van der Waals surface area contributed by atoms with E-state index in [0.717, 1.165) is 5.56 Å². The zero-order valence-electron chi connectivity index (χ0n) is 14.5. The zero-order chi connectivity index (χ0) is 18.0. The van der Waals surface area contributed by atoms with Crippen molar-refractivity contribution in [1.82, 2.24) is 14.7 Å². The molecule has 1 aromatic carbocycles. The lowest BCUT2D eigenvalue weighted by Gasteiger charge is -2.29. The number of carbonyl (C=O) groups excluding carboxylic acids is 1. The molecule has 6 heteroatoms. The summed E-state index contributed by atoms with van der Waals surface area (Å²) in [6.07, 6.45) is 2.70. The SMILES string of the molecule is CC(C)Cn1nccc1C(=O)N1C(C(=O)O)CC[C@H]1c1ccccc1. The zero-order valence-corrected chi connectivity index (χ0v) is 14.5. The standard InChI is InChI=1S/C19H23N3O3/c1-13(2)12-21-16(10-11-20-21)18(23)22-15(8-9-17(22)19(24)25)14-6-4-3-5-7-14/h3-7,10-11,13,15,17H,8-9,12H2,1-2H3,(H,24,25)/t15-,17?/m0/s1. The van der Waals surface area contributed by atoms with Crippen LogP contribution in [0.2, 0.25) is 0 Å². The molecular formula is C19H23N3O3. The Balaban J connectivity index is 1.96. The summed E-state index contributed by atoms with van der Waals surface area (Å²) in [4.78, 5) is 26.4. The Morgan fingerprint density at radius 3 is 2.56 bits per heavy atom. The van der Waals surface area contributed by atoms with Crippen LogP contribution in [0.3, 0.4) is 0 Å². The third kappa shape index (κ3) is 3.43. The lowest BCUT2D eigenvalue weighted by atomic mass is 10.0. The van der Waals surface area contributed by atoms with Crippen LogP contribution in [-0.2, 0) is 11.3 Å². The number of carboxylic acids is 1. The van der Waals surface area contributed by atoms with Crippen molar-refractivity contribution in [2.24, 2.45) is 5.92 Å². The Morgan fingerprint density at radius 2 is 1.92 bits per heavy atom. The molecule has 0 radical (unpaired) electrons. The summed E-state index contributed by atoms with van der Waals surface area (Å²) in [6.45, 7) is 4.73. The van der Waals surface area contributed by atoms with Gasteiger partial charge in [-0.2, -0.15) is 5.10 Å². The highest BCUT2D eigenvalue weighted by Crippen LogP contribution is 2.37. The topological polar surface area (TPSA) is 75.4 Å². The number of hydrogen-bond acceptors (Lipinski definition) is 3. The molecule has 0 saturated carbocycles. The van der Waals surface area contributed by atoms with Gasteiger partial charge >= 0.3 is 5.97 Å². The molecule has 6 nitrogen and oxygen atoms in total. The number of rotatable bonds is 5. The summed E-state index contributed by atoms with van der Waals surface area (Å²) >= 11 is 0. The quantitative estimate of drug-likeness (QED) is 0.907. The number of benzene rings is 1. The van der Waals surface area contributed by atoms with Crippen LogP contribution in [0, 0.1) is 5.92 Å². The van der Waals surface area contributed by atoms with Crippen molar-refractivity contribution in [3.05, 3.63) is 53.9 Å². The van der Waals surface area contributed by atoms with E-state index in [4.69, 9.17) is 0 Å². The molecule has 1 N–H and O–H groups in total. The van der Waals surface area contributed by atoms with Crippen molar-refractivity contribution in [2.75, 3.05) is 0 Å². The fraction of sp³-hybridized carbons (Fsp3) is 0.421. The first-order valence-corrected chi connectivity index (χ1v) is 8.61. The normalized spacial score (nSPS) is 20.2. The highest BCUT2D eigenvalue weighted by atomic mass is 16.4. The number of aliphatic carboxylic acids is 1. The van der Waals surface area contributed by atoms with Crippen LogP contribution in [0.25, 0.3) is 0 Å². The van der Waals surface area contributed by atoms with Gasteiger partial charge in [-0.05, 0) is 30.4 Å². The van der Waals surface area contributed by atoms with Crippen LogP contribution >= 0.6 is 0 Å². The highest BCUT2D eigenvalue weighted by Gasteiger charge is 2.42. The van der Waals surface area contributed by atoms with E-state index in [9.17, 15) is 14.7 Å². The molecule has 1 fully saturated rings. The number of hydrogen-bond donors (Lipinski definition) is 1. The minimum atomic E-state index is -0.957. The summed E-state index contributed by atoms with van der Waals surface area (Å²) in [5, 5.41) is 13.8. The van der Waals surface area contributed by atoms with Crippen molar-refractivity contribution in [3.8, 4) is 0 Å². The maximum absolute atomic E-state index is 13.2. The van der Waals surface area contributed by atoms with Gasteiger partial charge < -0.3 is 10.0 Å². The van der Waals surface area contributed by atoms with Gasteiger partial charge in [-0.15, -0.1) is 0 Å². The number of nitrogens with zero attached hydrogens (tertiary/aromatic N) is 3. The van der Waals surface area contributed by atoms with Gasteiger partial charge in [0, 0.05) is 12.7 Å². The largest absolute Gasteiger partial charge is 0.480 e. The predicted molar refractivity (Wildman–Crippen MR) is 93.1 cm³/mol. The first kappa shape index (κ1) is 17.2. The molecule has 0 spiro atoms. The van der Waals surface area contributed by atoms with Gasteiger partial charge in [0.25, 0.3) is 5.91 Å². The Kier molecular flexibility index (Phi) is 4.88. The lowest BCUT2D eigenvalue weighted by molar-refractivity contribution is -0.141. The molecule has 1 amide bonds. The second kappa shape index (κ2) is 7.09. The van der Waals surface area contributed by atoms with E-state index in [1.807, 2.05) is 30.3 Å². The van der Waals surface area contributed by atoms with Crippen LogP contribution in [0.15, 0.2) is 42.6 Å². The third-order valence-electron chi connectivity index (χ3n) is 4.56. The van der Waals surface area contributed by atoms with Crippen LogP contribution in [0.1, 0.15) is 48.8 Å². The van der Waals surface area contributed by atoms with Gasteiger partial charge in [0.2, 0.25) is 0 Å². The Labute approximate surface area is 147 Å². The van der Waals surface area contributed by atoms with Gasteiger partial charge in [-0.3, -0.25) is 9.48 Å². The van der Waals surface area contributed by atoms with Gasteiger partial charge in [0.15, 0.2) is 0 Å². The second-order valence-electron chi connectivity index (χ2n) is 6.86. The molecule has 1 unspecified atom stereocenters. The number of carboxylic acid groups (broad SMARTS) is 1. The molecule has 2 atom stereocenters. The fourth-order valence-corrected chi connectivity index (χ4v) is 3.48. The number of likely N-dealkylation sites (tertiary alicyclic amines) is 1. The summed E-state index contributed by atoms with van der Waals surface area (Å²) in [5.41, 5.74) is 1.41. The molecule has 2 heterocycles. The Morgan fingerprint density at radius 1 is 1.20 bits per heavy atom. The molecule has 25 heavy (non-hydrogen) atoms. The number of aromatic nitrogens is 2. The Bertz CT molecular complexity index is 754. The minimum Gasteiger partial charge on any atom is -0.480 e. The van der Waals surface area contributed by atoms with Gasteiger partial charge in [-0.1, -0.05) is 44.2 Å². The van der Waals surface area contributed by atoms with Crippen LogP contribution in [-0.4, -0.2) is 37.7 Å². The monoisotopic (exact) mass is 341 g/mol. The predicted octanol–water partition coefficient (Wildman–Crippen LogP) is 2.97. The van der Waals surface area contributed by atoms with Crippen LogP contribution in [0.5, 0.6) is 0 Å². The number of carbonyl (C=O) groups is 2. The third-order valence-corrected chi connectivity index (χ3v) is 4.56. The molecule has 3 rings (SSSR count). The fourth-order valence-electron chi connectivity index (χ4n) is 3.48. The van der Waals surface area contributed by atoms with E-state index in [1.54, 1.807) is 16.9 Å². The molecule has 1 aliphatic rings. The molecule has 0 bridgehead atoms. The first-order valence-electron chi connectivity index (χ1n) is 8.61. The van der Waals surface area contributed by atoms with Crippen molar-refractivity contribution in [1.29, 1.82) is 0 Å². The maximum atomic E-state index is 13.2. The van der Waals surface area contributed by atoms with E-state index in [2.05, 4.69) is 18.9 Å². The minimum absolute atomic E-state index is 0.225. The number of amides is 1. The molecule has 1 aliphatic heterocycles. The van der Waals surface area contributed by atoms with E-state index in [1.165, 1.54) is 4.90 Å². The van der Waals surface area contributed by atoms with Crippen molar-refractivity contribution in [3.63, 3.8) is 0 Å². The molecule has 2 aromatic rings. The van der Waals surface area contributed by atoms with Gasteiger partial charge in [0.05, 0.1) is 6.04 Å².